The van der Waals surface area contributed by atoms with Gasteiger partial charge in [-0.15, -0.1) is 0 Å². The van der Waals surface area contributed by atoms with Gasteiger partial charge in [-0.25, -0.2) is 4.79 Å². The molecule has 1 aliphatic carbocycles. The van der Waals surface area contributed by atoms with E-state index in [2.05, 4.69) is 5.32 Å². The molecular weight excluding hydrogens is 244 g/mol. The summed E-state index contributed by atoms with van der Waals surface area (Å²) in [6.07, 6.45) is 2.48. The van der Waals surface area contributed by atoms with Crippen LogP contribution >= 0.6 is 0 Å². The summed E-state index contributed by atoms with van der Waals surface area (Å²) in [5, 5.41) is 11.7. The fraction of sp³-hybridized carbons (Fsp3) is 0.429. The van der Waals surface area contributed by atoms with Crippen LogP contribution in [0.25, 0.3) is 0 Å². The lowest BCUT2D eigenvalue weighted by Gasteiger charge is -2.11. The summed E-state index contributed by atoms with van der Waals surface area (Å²) in [6.45, 7) is 1.72. The first-order valence-electron chi connectivity index (χ1n) is 6.36. The van der Waals surface area contributed by atoms with Crippen LogP contribution in [-0.2, 0) is 4.79 Å². The SMILES string of the molecule is Cc1ccc(NC(=O)CC(N)C2CC2)cc1C(=O)O. The molecule has 0 radical (unpaired) electrons. The Balaban J connectivity index is 2.00. The number of amides is 1. The van der Waals surface area contributed by atoms with Crippen molar-refractivity contribution in [1.82, 2.24) is 0 Å². The summed E-state index contributed by atoms with van der Waals surface area (Å²) in [4.78, 5) is 22.8. The fourth-order valence-electron chi connectivity index (χ4n) is 2.05. The molecule has 1 amide bonds. The van der Waals surface area contributed by atoms with Crippen molar-refractivity contribution < 1.29 is 14.7 Å². The zero-order chi connectivity index (χ0) is 14.0. The number of carbonyl (C=O) groups is 2. The molecule has 0 bridgehead atoms. The number of hydrogen-bond acceptors (Lipinski definition) is 3. The van der Waals surface area contributed by atoms with E-state index in [1.807, 2.05) is 0 Å². The van der Waals surface area contributed by atoms with Gasteiger partial charge in [-0.3, -0.25) is 4.79 Å². The number of aryl methyl sites for hydroxylation is 1. The quantitative estimate of drug-likeness (QED) is 0.753. The molecule has 5 nitrogen and oxygen atoms in total. The molecule has 0 aliphatic heterocycles. The number of nitrogens with two attached hydrogens (primary N) is 1. The van der Waals surface area contributed by atoms with Gasteiger partial charge in [0.1, 0.15) is 0 Å². The van der Waals surface area contributed by atoms with Gasteiger partial charge in [0.2, 0.25) is 5.91 Å². The second-order valence-corrected chi connectivity index (χ2v) is 5.09. The van der Waals surface area contributed by atoms with Crippen molar-refractivity contribution in [3.05, 3.63) is 29.3 Å². The molecule has 1 aromatic carbocycles. The number of hydrogen-bond donors (Lipinski definition) is 3. The first-order chi connectivity index (χ1) is 8.97. The first kappa shape index (κ1) is 13.5. The van der Waals surface area contributed by atoms with Crippen molar-refractivity contribution in [1.29, 1.82) is 0 Å². The van der Waals surface area contributed by atoms with Gasteiger partial charge in [0.05, 0.1) is 5.56 Å². The number of carbonyl (C=O) groups excluding carboxylic acids is 1. The second kappa shape index (κ2) is 5.40. The Bertz CT molecular complexity index is 509. The number of aromatic carboxylic acids is 1. The number of nitrogens with one attached hydrogen (secondary N) is 1. The van der Waals surface area contributed by atoms with Gasteiger partial charge in [-0.05, 0) is 43.4 Å². The highest BCUT2D eigenvalue weighted by Gasteiger charge is 2.29. The third-order valence-corrected chi connectivity index (χ3v) is 3.40. The molecule has 0 spiro atoms. The zero-order valence-corrected chi connectivity index (χ0v) is 10.8. The van der Waals surface area contributed by atoms with Crippen LogP contribution in [0.4, 0.5) is 5.69 Å². The summed E-state index contributed by atoms with van der Waals surface area (Å²) in [5.74, 6) is -0.693. The van der Waals surface area contributed by atoms with Gasteiger partial charge in [-0.2, -0.15) is 0 Å². The Morgan fingerprint density at radius 3 is 2.74 bits per heavy atom. The minimum Gasteiger partial charge on any atom is -0.478 e. The molecule has 4 N–H and O–H groups in total. The lowest BCUT2D eigenvalue weighted by molar-refractivity contribution is -0.116. The van der Waals surface area contributed by atoms with Gasteiger partial charge < -0.3 is 16.2 Å². The smallest absolute Gasteiger partial charge is 0.336 e. The molecule has 19 heavy (non-hydrogen) atoms. The summed E-state index contributed by atoms with van der Waals surface area (Å²) >= 11 is 0. The molecule has 0 heterocycles. The molecule has 102 valence electrons. The normalized spacial score (nSPS) is 15.9. The minimum atomic E-state index is -0.997. The van der Waals surface area contributed by atoms with Crippen molar-refractivity contribution in [3.63, 3.8) is 0 Å². The number of anilines is 1. The molecule has 1 atom stereocenters. The topological polar surface area (TPSA) is 92.4 Å². The summed E-state index contributed by atoms with van der Waals surface area (Å²) in [7, 11) is 0. The molecule has 0 saturated heterocycles. The average Bonchev–Trinajstić information content (AvgIpc) is 3.15. The minimum absolute atomic E-state index is 0.0932. The maximum absolute atomic E-state index is 11.8. The van der Waals surface area contributed by atoms with Gasteiger partial charge in [0.25, 0.3) is 0 Å². The molecule has 1 unspecified atom stereocenters. The van der Waals surface area contributed by atoms with Crippen molar-refractivity contribution in [2.45, 2.75) is 32.2 Å². The summed E-state index contributed by atoms with van der Waals surface area (Å²) in [5.41, 5.74) is 7.24. The monoisotopic (exact) mass is 262 g/mol. The standard InChI is InChI=1S/C14H18N2O3/c1-8-2-5-10(6-11(8)14(18)19)16-13(17)7-12(15)9-3-4-9/h2,5-6,9,12H,3-4,7,15H2,1H3,(H,16,17)(H,18,19). The first-order valence-corrected chi connectivity index (χ1v) is 6.36. The Morgan fingerprint density at radius 1 is 1.47 bits per heavy atom. The Hall–Kier alpha value is -1.88. The lowest BCUT2D eigenvalue weighted by atomic mass is 10.1. The van der Waals surface area contributed by atoms with Crippen LogP contribution in [-0.4, -0.2) is 23.0 Å². The molecular formula is C14H18N2O3. The van der Waals surface area contributed by atoms with Crippen molar-refractivity contribution >= 4 is 17.6 Å². The predicted octanol–water partition coefficient (Wildman–Crippen LogP) is 1.76. The zero-order valence-electron chi connectivity index (χ0n) is 10.8. The maximum Gasteiger partial charge on any atom is 0.336 e. The second-order valence-electron chi connectivity index (χ2n) is 5.09. The van der Waals surface area contributed by atoms with Crippen molar-refractivity contribution in [2.24, 2.45) is 11.7 Å². The summed E-state index contributed by atoms with van der Waals surface area (Å²) in [6, 6.07) is 4.75. The van der Waals surface area contributed by atoms with E-state index in [0.29, 0.717) is 17.2 Å². The maximum atomic E-state index is 11.8. The molecule has 1 saturated carbocycles. The van der Waals surface area contributed by atoms with E-state index in [9.17, 15) is 9.59 Å². The molecule has 1 aliphatic rings. The van der Waals surface area contributed by atoms with Gasteiger partial charge in [0.15, 0.2) is 0 Å². The van der Waals surface area contributed by atoms with Crippen molar-refractivity contribution in [3.8, 4) is 0 Å². The van der Waals surface area contributed by atoms with Crippen LogP contribution in [0.2, 0.25) is 0 Å². The highest BCUT2D eigenvalue weighted by molar-refractivity contribution is 5.94. The Morgan fingerprint density at radius 2 is 2.16 bits per heavy atom. The van der Waals surface area contributed by atoms with E-state index in [-0.39, 0.29) is 23.9 Å². The lowest BCUT2D eigenvalue weighted by Crippen LogP contribution is -2.28. The predicted molar refractivity (Wildman–Crippen MR) is 72.1 cm³/mol. The molecule has 0 aromatic heterocycles. The van der Waals surface area contributed by atoms with E-state index >= 15 is 0 Å². The molecule has 1 fully saturated rings. The van der Waals surface area contributed by atoms with E-state index in [0.717, 1.165) is 12.8 Å². The molecule has 5 heteroatoms. The van der Waals surface area contributed by atoms with Crippen LogP contribution < -0.4 is 11.1 Å². The fourth-order valence-corrected chi connectivity index (χ4v) is 2.05. The summed E-state index contributed by atoms with van der Waals surface area (Å²) < 4.78 is 0. The third-order valence-electron chi connectivity index (χ3n) is 3.40. The van der Waals surface area contributed by atoms with Gasteiger partial charge in [0, 0.05) is 18.2 Å². The average molecular weight is 262 g/mol. The van der Waals surface area contributed by atoms with Crippen LogP contribution in [0.15, 0.2) is 18.2 Å². The van der Waals surface area contributed by atoms with Crippen LogP contribution in [0.5, 0.6) is 0 Å². The number of carboxylic acids is 1. The van der Waals surface area contributed by atoms with Crippen LogP contribution in [0.3, 0.4) is 0 Å². The van der Waals surface area contributed by atoms with E-state index < -0.39 is 5.97 Å². The van der Waals surface area contributed by atoms with E-state index in [4.69, 9.17) is 10.8 Å². The van der Waals surface area contributed by atoms with Crippen LogP contribution in [0, 0.1) is 12.8 Å². The Kier molecular flexibility index (Phi) is 3.85. The number of rotatable bonds is 5. The van der Waals surface area contributed by atoms with Crippen molar-refractivity contribution in [2.75, 3.05) is 5.32 Å². The van der Waals surface area contributed by atoms with Crippen LogP contribution in [0.1, 0.15) is 35.2 Å². The van der Waals surface area contributed by atoms with E-state index in [1.165, 1.54) is 6.07 Å². The largest absolute Gasteiger partial charge is 0.478 e. The highest BCUT2D eigenvalue weighted by atomic mass is 16.4. The number of benzene rings is 1. The van der Waals surface area contributed by atoms with Gasteiger partial charge >= 0.3 is 5.97 Å². The molecule has 1 aromatic rings. The van der Waals surface area contributed by atoms with Gasteiger partial charge in [-0.1, -0.05) is 6.07 Å². The number of carboxylic acid groups (broad SMARTS) is 1. The van der Waals surface area contributed by atoms with E-state index in [1.54, 1.807) is 19.1 Å². The molecule has 2 rings (SSSR count). The highest BCUT2D eigenvalue weighted by Crippen LogP contribution is 2.32. The Labute approximate surface area is 111 Å². The third kappa shape index (κ3) is 3.54.